The summed E-state index contributed by atoms with van der Waals surface area (Å²) in [6.45, 7) is 9.41. The number of H-pyrrole nitrogens is 1. The second-order valence-corrected chi connectivity index (χ2v) is 8.55. The second-order valence-electron chi connectivity index (χ2n) is 8.55. The van der Waals surface area contributed by atoms with Crippen molar-refractivity contribution in [2.24, 2.45) is 0 Å². The van der Waals surface area contributed by atoms with Crippen LogP contribution < -0.4 is 5.69 Å². The molecule has 2 fully saturated rings. The molecule has 0 bridgehead atoms. The van der Waals surface area contributed by atoms with Crippen LogP contribution in [0.3, 0.4) is 0 Å². The van der Waals surface area contributed by atoms with Crippen LogP contribution in [0.15, 0.2) is 17.1 Å². The topological polar surface area (TPSA) is 63.1 Å². The summed E-state index contributed by atoms with van der Waals surface area (Å²) in [5, 5.41) is 0. The Bertz CT molecular complexity index is 839. The van der Waals surface area contributed by atoms with Crippen LogP contribution in [-0.4, -0.2) is 50.8 Å². The maximum Gasteiger partial charge on any atom is 0.327 e. The van der Waals surface area contributed by atoms with E-state index in [1.165, 1.54) is 12.8 Å². The van der Waals surface area contributed by atoms with Crippen molar-refractivity contribution < 1.29 is 4.74 Å². The van der Waals surface area contributed by atoms with E-state index >= 15 is 0 Å². The average Bonchev–Trinajstić information content (AvgIpc) is 2.99. The molecule has 6 nitrogen and oxygen atoms in total. The van der Waals surface area contributed by atoms with Crippen LogP contribution in [0.25, 0.3) is 11.2 Å². The van der Waals surface area contributed by atoms with Gasteiger partial charge in [0.1, 0.15) is 0 Å². The van der Waals surface area contributed by atoms with Gasteiger partial charge < -0.3 is 9.72 Å². The first kappa shape index (κ1) is 18.7. The first-order valence-corrected chi connectivity index (χ1v) is 10.4. The number of aryl methyl sites for hydroxylation is 1. The summed E-state index contributed by atoms with van der Waals surface area (Å²) >= 11 is 0. The molecular formula is C21H32N4O2. The van der Waals surface area contributed by atoms with E-state index in [1.807, 2.05) is 23.8 Å². The Kier molecular flexibility index (Phi) is 5.12. The fourth-order valence-corrected chi connectivity index (χ4v) is 5.05. The minimum absolute atomic E-state index is 0.0232. The quantitative estimate of drug-likeness (QED) is 0.893. The molecule has 1 saturated carbocycles. The highest BCUT2D eigenvalue weighted by atomic mass is 16.5. The number of nitrogens with one attached hydrogen (secondary N) is 1. The number of fused-ring (bicyclic) bond motifs is 1. The summed E-state index contributed by atoms with van der Waals surface area (Å²) in [7, 11) is 0. The molecule has 2 aromatic heterocycles. The third kappa shape index (κ3) is 3.57. The van der Waals surface area contributed by atoms with Crippen molar-refractivity contribution >= 4 is 11.2 Å². The molecule has 6 heteroatoms. The minimum atomic E-state index is -0.0232. The molecule has 3 heterocycles. The summed E-state index contributed by atoms with van der Waals surface area (Å²) in [5.74, 6) is 0. The molecule has 148 valence electrons. The fraction of sp³-hybridized carbons (Fsp3) is 0.714. The normalized spacial score (nSPS) is 28.0. The smallest absolute Gasteiger partial charge is 0.327 e. The van der Waals surface area contributed by atoms with Crippen molar-refractivity contribution in [3.8, 4) is 0 Å². The number of likely N-dealkylation sites (tertiary alicyclic amines) is 1. The predicted molar refractivity (Wildman–Crippen MR) is 107 cm³/mol. The number of rotatable bonds is 4. The van der Waals surface area contributed by atoms with Crippen molar-refractivity contribution in [1.82, 2.24) is 19.4 Å². The molecule has 1 aliphatic heterocycles. The SMILES string of the molecule is CCOC1CCC(C)(N2CCC(n3c(=O)[nH]c4cc(C)cnc43)CC2)CC1. The highest BCUT2D eigenvalue weighted by Gasteiger charge is 2.38. The molecule has 0 spiro atoms. The van der Waals surface area contributed by atoms with Gasteiger partial charge in [-0.05, 0) is 70.9 Å². The van der Waals surface area contributed by atoms with Crippen molar-refractivity contribution in [2.75, 3.05) is 19.7 Å². The minimum Gasteiger partial charge on any atom is -0.379 e. The zero-order chi connectivity index (χ0) is 19.0. The highest BCUT2D eigenvalue weighted by Crippen LogP contribution is 2.37. The molecule has 0 aromatic carbocycles. The Morgan fingerprint density at radius 1 is 1.26 bits per heavy atom. The lowest BCUT2D eigenvalue weighted by Crippen LogP contribution is -2.53. The Morgan fingerprint density at radius 2 is 1.96 bits per heavy atom. The fourth-order valence-electron chi connectivity index (χ4n) is 5.05. The van der Waals surface area contributed by atoms with Crippen LogP contribution in [-0.2, 0) is 4.74 Å². The van der Waals surface area contributed by atoms with Crippen LogP contribution in [0.2, 0.25) is 0 Å². The molecule has 1 saturated heterocycles. The monoisotopic (exact) mass is 372 g/mol. The van der Waals surface area contributed by atoms with Gasteiger partial charge in [-0.25, -0.2) is 9.78 Å². The molecule has 0 amide bonds. The van der Waals surface area contributed by atoms with Crippen LogP contribution in [0.5, 0.6) is 0 Å². The molecule has 4 rings (SSSR count). The number of imidazole rings is 1. The number of aromatic amines is 1. The number of hydrogen-bond donors (Lipinski definition) is 1. The molecule has 0 atom stereocenters. The third-order valence-corrected chi connectivity index (χ3v) is 6.70. The van der Waals surface area contributed by atoms with Crippen LogP contribution in [0, 0.1) is 6.92 Å². The van der Waals surface area contributed by atoms with E-state index < -0.39 is 0 Å². The summed E-state index contributed by atoms with van der Waals surface area (Å²) in [6.07, 6.45) is 9.04. The van der Waals surface area contributed by atoms with E-state index in [2.05, 4.69) is 28.7 Å². The molecular weight excluding hydrogens is 340 g/mol. The van der Waals surface area contributed by atoms with Gasteiger partial charge in [-0.1, -0.05) is 0 Å². The maximum absolute atomic E-state index is 12.5. The number of piperidine rings is 1. The Balaban J connectivity index is 1.44. The largest absolute Gasteiger partial charge is 0.379 e. The van der Waals surface area contributed by atoms with Gasteiger partial charge >= 0.3 is 5.69 Å². The molecule has 0 radical (unpaired) electrons. The van der Waals surface area contributed by atoms with Gasteiger partial charge in [0, 0.05) is 37.5 Å². The number of nitrogens with zero attached hydrogens (tertiary/aromatic N) is 3. The lowest BCUT2D eigenvalue weighted by atomic mass is 9.79. The van der Waals surface area contributed by atoms with E-state index in [4.69, 9.17) is 4.74 Å². The van der Waals surface area contributed by atoms with Crippen molar-refractivity contribution in [2.45, 2.75) is 77.0 Å². The lowest BCUT2D eigenvalue weighted by Gasteiger charge is -2.48. The standard InChI is InChI=1S/C21H32N4O2/c1-4-27-17-5-9-21(3,10-6-17)24-11-7-16(8-12-24)25-19-18(23-20(25)26)13-15(2)14-22-19/h13-14,16-17H,4-12H2,1-3H3,(H,23,26). The third-order valence-electron chi connectivity index (χ3n) is 6.70. The Labute approximate surface area is 160 Å². The van der Waals surface area contributed by atoms with Gasteiger partial charge in [-0.3, -0.25) is 9.47 Å². The van der Waals surface area contributed by atoms with Crippen molar-refractivity contribution in [1.29, 1.82) is 0 Å². The van der Waals surface area contributed by atoms with Crippen LogP contribution in [0.1, 0.15) is 64.0 Å². The molecule has 0 unspecified atom stereocenters. The van der Waals surface area contributed by atoms with Crippen molar-refractivity contribution in [3.63, 3.8) is 0 Å². The van der Waals surface area contributed by atoms with Gasteiger partial charge in [-0.2, -0.15) is 0 Å². The van der Waals surface area contributed by atoms with Crippen LogP contribution in [0.4, 0.5) is 0 Å². The number of aromatic nitrogens is 3. The zero-order valence-corrected chi connectivity index (χ0v) is 16.8. The second kappa shape index (κ2) is 7.40. The van der Waals surface area contributed by atoms with Gasteiger partial charge in [-0.15, -0.1) is 0 Å². The summed E-state index contributed by atoms with van der Waals surface area (Å²) in [6, 6.07) is 2.24. The van der Waals surface area contributed by atoms with E-state index in [9.17, 15) is 4.79 Å². The maximum atomic E-state index is 12.5. The lowest BCUT2D eigenvalue weighted by molar-refractivity contribution is -0.0273. The van der Waals surface area contributed by atoms with E-state index in [1.54, 1.807) is 0 Å². The summed E-state index contributed by atoms with van der Waals surface area (Å²) in [5.41, 5.74) is 2.97. The molecule has 27 heavy (non-hydrogen) atoms. The van der Waals surface area contributed by atoms with Crippen LogP contribution >= 0.6 is 0 Å². The first-order valence-electron chi connectivity index (χ1n) is 10.4. The van der Waals surface area contributed by atoms with E-state index in [0.29, 0.717) is 6.10 Å². The Hall–Kier alpha value is -1.66. The van der Waals surface area contributed by atoms with Gasteiger partial charge in [0.05, 0.1) is 11.6 Å². The Morgan fingerprint density at radius 3 is 2.63 bits per heavy atom. The number of ether oxygens (including phenoxy) is 1. The van der Waals surface area contributed by atoms with E-state index in [-0.39, 0.29) is 17.3 Å². The summed E-state index contributed by atoms with van der Waals surface area (Å²) < 4.78 is 7.71. The van der Waals surface area contributed by atoms with Gasteiger partial charge in [0.2, 0.25) is 0 Å². The molecule has 2 aromatic rings. The average molecular weight is 373 g/mol. The van der Waals surface area contributed by atoms with E-state index in [0.717, 1.165) is 62.1 Å². The first-order chi connectivity index (χ1) is 13.0. The number of pyridine rings is 1. The summed E-state index contributed by atoms with van der Waals surface area (Å²) in [4.78, 5) is 22.7. The number of hydrogen-bond acceptors (Lipinski definition) is 4. The highest BCUT2D eigenvalue weighted by molar-refractivity contribution is 5.71. The molecule has 1 aliphatic carbocycles. The van der Waals surface area contributed by atoms with Gasteiger partial charge in [0.15, 0.2) is 5.65 Å². The molecule has 1 N–H and O–H groups in total. The van der Waals surface area contributed by atoms with Crippen molar-refractivity contribution in [3.05, 3.63) is 28.3 Å². The molecule has 2 aliphatic rings. The zero-order valence-electron chi connectivity index (χ0n) is 16.8. The van der Waals surface area contributed by atoms with Gasteiger partial charge in [0.25, 0.3) is 0 Å². The predicted octanol–water partition coefficient (Wildman–Crippen LogP) is 3.41.